The summed E-state index contributed by atoms with van der Waals surface area (Å²) in [5.41, 5.74) is 4.72. The summed E-state index contributed by atoms with van der Waals surface area (Å²) in [5.74, 6) is -0.0224. The van der Waals surface area contributed by atoms with E-state index in [1.54, 1.807) is 0 Å². The Morgan fingerprint density at radius 3 is 2.81 bits per heavy atom. The van der Waals surface area contributed by atoms with Crippen molar-refractivity contribution in [2.75, 3.05) is 5.32 Å². The molecule has 2 aromatic carbocycles. The van der Waals surface area contributed by atoms with Gasteiger partial charge in [0.25, 0.3) is 0 Å². The summed E-state index contributed by atoms with van der Waals surface area (Å²) in [5, 5.41) is 2.93. The molecule has 5 heteroatoms. The molecule has 21 heavy (non-hydrogen) atoms. The van der Waals surface area contributed by atoms with Crippen molar-refractivity contribution in [2.24, 2.45) is 0 Å². The molecular weight excluding hydrogens is 282 g/mol. The molecule has 0 bridgehead atoms. The van der Waals surface area contributed by atoms with Crippen LogP contribution in [0.3, 0.4) is 0 Å². The summed E-state index contributed by atoms with van der Waals surface area (Å²) in [4.78, 5) is 12.1. The molecule has 1 N–H and O–H groups in total. The Bertz CT molecular complexity index is 782. The molecule has 0 atom stereocenters. The van der Waals surface area contributed by atoms with Crippen molar-refractivity contribution in [3.63, 3.8) is 0 Å². The predicted octanol–water partition coefficient (Wildman–Crippen LogP) is 3.43. The number of rotatable bonds is 4. The van der Waals surface area contributed by atoms with Gasteiger partial charge in [-0.1, -0.05) is 25.1 Å². The molecule has 0 aliphatic heterocycles. The Morgan fingerprint density at radius 1 is 1.10 bits per heavy atom. The summed E-state index contributed by atoms with van der Waals surface area (Å²) in [6, 6.07) is 13.7. The maximum Gasteiger partial charge on any atom is 0.228 e. The number of carbonyl (C=O) groups excluding carboxylic acids is 1. The normalized spacial score (nSPS) is 10.7. The molecule has 0 fully saturated rings. The number of aryl methyl sites for hydroxylation is 1. The fraction of sp³-hybridized carbons (Fsp3) is 0.188. The molecule has 0 unspecified atom stereocenters. The molecule has 1 heterocycles. The first kappa shape index (κ1) is 13.7. The van der Waals surface area contributed by atoms with E-state index in [-0.39, 0.29) is 5.91 Å². The van der Waals surface area contributed by atoms with Gasteiger partial charge in [-0.05, 0) is 41.8 Å². The Balaban J connectivity index is 1.70. The summed E-state index contributed by atoms with van der Waals surface area (Å²) in [6.45, 7) is 2.10. The monoisotopic (exact) mass is 297 g/mol. The third-order valence-corrected chi connectivity index (χ3v) is 3.86. The highest BCUT2D eigenvalue weighted by Crippen LogP contribution is 2.15. The molecule has 0 saturated heterocycles. The lowest BCUT2D eigenvalue weighted by Crippen LogP contribution is -2.14. The van der Waals surface area contributed by atoms with E-state index in [9.17, 15) is 4.79 Å². The molecule has 106 valence electrons. The van der Waals surface area contributed by atoms with Gasteiger partial charge in [-0.25, -0.2) is 0 Å². The molecule has 1 amide bonds. The van der Waals surface area contributed by atoms with E-state index in [1.165, 1.54) is 17.3 Å². The van der Waals surface area contributed by atoms with Crippen molar-refractivity contribution in [1.82, 2.24) is 8.75 Å². The second-order valence-corrected chi connectivity index (χ2v) is 5.39. The first-order chi connectivity index (χ1) is 10.2. The minimum atomic E-state index is -0.0224. The quantitative estimate of drug-likeness (QED) is 0.802. The van der Waals surface area contributed by atoms with Crippen molar-refractivity contribution in [3.8, 4) is 0 Å². The highest BCUT2D eigenvalue weighted by molar-refractivity contribution is 7.00. The summed E-state index contributed by atoms with van der Waals surface area (Å²) < 4.78 is 8.35. The second kappa shape index (κ2) is 6.01. The van der Waals surface area contributed by atoms with Crippen LogP contribution >= 0.6 is 11.7 Å². The average Bonchev–Trinajstić information content (AvgIpc) is 2.95. The number of nitrogens with one attached hydrogen (secondary N) is 1. The van der Waals surface area contributed by atoms with E-state index in [4.69, 9.17) is 0 Å². The van der Waals surface area contributed by atoms with Crippen LogP contribution in [0.2, 0.25) is 0 Å². The minimum absolute atomic E-state index is 0.0224. The van der Waals surface area contributed by atoms with Gasteiger partial charge < -0.3 is 5.32 Å². The highest BCUT2D eigenvalue weighted by Gasteiger charge is 2.06. The number of hydrogen-bond donors (Lipinski definition) is 1. The van der Waals surface area contributed by atoms with Crippen molar-refractivity contribution < 1.29 is 4.79 Å². The lowest BCUT2D eigenvalue weighted by molar-refractivity contribution is -0.115. The van der Waals surface area contributed by atoms with E-state index < -0.39 is 0 Å². The van der Waals surface area contributed by atoms with E-state index in [2.05, 4.69) is 27.1 Å². The van der Waals surface area contributed by atoms with Crippen LogP contribution in [0.15, 0.2) is 42.5 Å². The number of aromatic nitrogens is 2. The van der Waals surface area contributed by atoms with Crippen molar-refractivity contribution in [1.29, 1.82) is 0 Å². The first-order valence-corrected chi connectivity index (χ1v) is 7.57. The van der Waals surface area contributed by atoms with Gasteiger partial charge >= 0.3 is 0 Å². The standard InChI is InChI=1S/C16H15N3OS/c1-2-11-4-3-5-13(8-11)17-16(20)10-12-6-7-14-15(9-12)19-21-18-14/h3-9H,2,10H2,1H3,(H,17,20). The second-order valence-electron chi connectivity index (χ2n) is 4.87. The van der Waals surface area contributed by atoms with Gasteiger partial charge in [-0.2, -0.15) is 8.75 Å². The van der Waals surface area contributed by atoms with E-state index in [0.29, 0.717) is 6.42 Å². The van der Waals surface area contributed by atoms with Crippen molar-refractivity contribution in [3.05, 3.63) is 53.6 Å². The molecule has 3 aromatic rings. The van der Waals surface area contributed by atoms with Crippen LogP contribution < -0.4 is 5.32 Å². The number of benzene rings is 2. The van der Waals surface area contributed by atoms with Crippen LogP contribution in [0.5, 0.6) is 0 Å². The Labute approximate surface area is 127 Å². The highest BCUT2D eigenvalue weighted by atomic mass is 32.1. The van der Waals surface area contributed by atoms with Crippen molar-refractivity contribution >= 4 is 34.4 Å². The fourth-order valence-electron chi connectivity index (χ4n) is 2.20. The Kier molecular flexibility index (Phi) is 3.92. The summed E-state index contributed by atoms with van der Waals surface area (Å²) in [7, 11) is 0. The number of anilines is 1. The van der Waals surface area contributed by atoms with Gasteiger partial charge in [-0.3, -0.25) is 4.79 Å². The van der Waals surface area contributed by atoms with Crippen LogP contribution in [0.4, 0.5) is 5.69 Å². The van der Waals surface area contributed by atoms with Gasteiger partial charge in [0, 0.05) is 5.69 Å². The molecular formula is C16H15N3OS. The van der Waals surface area contributed by atoms with E-state index in [0.717, 1.165) is 28.7 Å². The third kappa shape index (κ3) is 3.25. The number of amides is 1. The Hall–Kier alpha value is -2.27. The average molecular weight is 297 g/mol. The lowest BCUT2D eigenvalue weighted by Gasteiger charge is -2.07. The van der Waals surface area contributed by atoms with Gasteiger partial charge in [0.1, 0.15) is 11.0 Å². The van der Waals surface area contributed by atoms with Crippen LogP contribution in [0.1, 0.15) is 18.1 Å². The zero-order valence-corrected chi connectivity index (χ0v) is 12.5. The number of carbonyl (C=O) groups is 1. The molecule has 0 spiro atoms. The maximum atomic E-state index is 12.1. The third-order valence-electron chi connectivity index (χ3n) is 3.30. The zero-order valence-electron chi connectivity index (χ0n) is 11.7. The lowest BCUT2D eigenvalue weighted by atomic mass is 10.1. The molecule has 0 radical (unpaired) electrons. The van der Waals surface area contributed by atoms with Gasteiger partial charge in [0.05, 0.1) is 18.1 Å². The van der Waals surface area contributed by atoms with Gasteiger partial charge in [0.2, 0.25) is 5.91 Å². The van der Waals surface area contributed by atoms with Gasteiger partial charge in [-0.15, -0.1) is 0 Å². The smallest absolute Gasteiger partial charge is 0.228 e. The zero-order chi connectivity index (χ0) is 14.7. The van der Waals surface area contributed by atoms with Gasteiger partial charge in [0.15, 0.2) is 0 Å². The van der Waals surface area contributed by atoms with Crippen LogP contribution in [-0.2, 0) is 17.6 Å². The molecule has 4 nitrogen and oxygen atoms in total. The SMILES string of the molecule is CCc1cccc(NC(=O)Cc2ccc3nsnc3c2)c1. The minimum Gasteiger partial charge on any atom is -0.326 e. The largest absolute Gasteiger partial charge is 0.326 e. The van der Waals surface area contributed by atoms with Crippen LogP contribution in [0.25, 0.3) is 11.0 Å². The van der Waals surface area contributed by atoms with E-state index >= 15 is 0 Å². The molecule has 0 aliphatic carbocycles. The molecule has 3 rings (SSSR count). The molecule has 0 saturated carbocycles. The maximum absolute atomic E-state index is 12.1. The Morgan fingerprint density at radius 2 is 1.95 bits per heavy atom. The van der Waals surface area contributed by atoms with Crippen LogP contribution in [-0.4, -0.2) is 14.7 Å². The summed E-state index contributed by atoms with van der Waals surface area (Å²) >= 11 is 1.19. The number of hydrogen-bond acceptors (Lipinski definition) is 4. The first-order valence-electron chi connectivity index (χ1n) is 6.84. The summed E-state index contributed by atoms with van der Waals surface area (Å²) in [6.07, 6.45) is 1.29. The molecule has 0 aliphatic rings. The molecule has 1 aromatic heterocycles. The van der Waals surface area contributed by atoms with E-state index in [1.807, 2.05) is 36.4 Å². The fourth-order valence-corrected chi connectivity index (χ4v) is 2.71. The predicted molar refractivity (Wildman–Crippen MR) is 85.6 cm³/mol. The van der Waals surface area contributed by atoms with Crippen LogP contribution in [0, 0.1) is 0 Å². The topological polar surface area (TPSA) is 54.9 Å². The number of fused-ring (bicyclic) bond motifs is 1. The number of nitrogens with zero attached hydrogens (tertiary/aromatic N) is 2. The van der Waals surface area contributed by atoms with Crippen molar-refractivity contribution in [2.45, 2.75) is 19.8 Å².